The molecule has 0 aliphatic carbocycles. The highest BCUT2D eigenvalue weighted by Gasteiger charge is 2.09. The van der Waals surface area contributed by atoms with Gasteiger partial charge in [0.05, 0.1) is 17.0 Å². The number of hydrogen-bond donors (Lipinski definition) is 0. The summed E-state index contributed by atoms with van der Waals surface area (Å²) < 4.78 is 0.959. The van der Waals surface area contributed by atoms with Gasteiger partial charge in [-0.2, -0.15) is 5.26 Å². The number of carbonyl (C=O) groups is 1. The predicted molar refractivity (Wildman–Crippen MR) is 62.0 cm³/mol. The highest BCUT2D eigenvalue weighted by atomic mass is 127. The van der Waals surface area contributed by atoms with Gasteiger partial charge in [-0.3, -0.25) is 4.79 Å². The van der Waals surface area contributed by atoms with Gasteiger partial charge in [0.25, 0.3) is 0 Å². The summed E-state index contributed by atoms with van der Waals surface area (Å²) in [6.45, 7) is 0. The molecule has 1 aromatic carbocycles. The molecule has 0 spiro atoms. The van der Waals surface area contributed by atoms with Gasteiger partial charge in [-0.05, 0) is 40.8 Å². The number of nitriles is 1. The van der Waals surface area contributed by atoms with Crippen LogP contribution in [0, 0.1) is 14.9 Å². The molecule has 0 aromatic heterocycles. The second-order valence-corrected chi connectivity index (χ2v) is 4.16. The molecule has 13 heavy (non-hydrogen) atoms. The quantitative estimate of drug-likeness (QED) is 0.468. The average molecular weight is 350 g/mol. The van der Waals surface area contributed by atoms with Crippen molar-refractivity contribution in [2.75, 3.05) is 5.33 Å². The number of benzene rings is 1. The maximum Gasteiger partial charge on any atom is 0.174 e. The molecule has 2 nitrogen and oxygen atoms in total. The molecule has 1 rings (SSSR count). The molecular weight excluding hydrogens is 345 g/mol. The molecule has 0 saturated heterocycles. The van der Waals surface area contributed by atoms with Gasteiger partial charge in [0, 0.05) is 9.13 Å². The van der Waals surface area contributed by atoms with Crippen molar-refractivity contribution in [3.05, 3.63) is 32.9 Å². The number of carbonyl (C=O) groups excluding carboxylic acids is 1. The Bertz CT molecular complexity index is 384. The van der Waals surface area contributed by atoms with Crippen LogP contribution in [0.5, 0.6) is 0 Å². The molecule has 0 atom stereocenters. The van der Waals surface area contributed by atoms with Gasteiger partial charge in [-0.15, -0.1) is 0 Å². The molecule has 0 aliphatic rings. The Hall–Kier alpha value is -0.410. The summed E-state index contributed by atoms with van der Waals surface area (Å²) in [5, 5.41) is 9.02. The standard InChI is InChI=1S/C9H5BrINO/c10-4-9(13)8-2-1-7(11)3-6(8)5-12/h1-3H,4H2. The summed E-state index contributed by atoms with van der Waals surface area (Å²) in [4.78, 5) is 11.3. The Labute approximate surface area is 98.2 Å². The molecule has 0 heterocycles. The van der Waals surface area contributed by atoms with Crippen molar-refractivity contribution in [2.24, 2.45) is 0 Å². The number of alkyl halides is 1. The highest BCUT2D eigenvalue weighted by molar-refractivity contribution is 14.1. The minimum atomic E-state index is -0.0621. The molecule has 0 aliphatic heterocycles. The van der Waals surface area contributed by atoms with E-state index >= 15 is 0 Å². The summed E-state index contributed by atoms with van der Waals surface area (Å²) in [6, 6.07) is 7.21. The van der Waals surface area contributed by atoms with Gasteiger partial charge >= 0.3 is 0 Å². The first-order valence-corrected chi connectivity index (χ1v) is 5.68. The van der Waals surface area contributed by atoms with Gasteiger partial charge in [-0.1, -0.05) is 15.9 Å². The van der Waals surface area contributed by atoms with Crippen LogP contribution in [0.15, 0.2) is 18.2 Å². The van der Waals surface area contributed by atoms with E-state index in [1.165, 1.54) is 0 Å². The summed E-state index contributed by atoms with van der Waals surface area (Å²) in [5.74, 6) is -0.0621. The zero-order valence-corrected chi connectivity index (χ0v) is 10.3. The Balaban J connectivity index is 3.23. The topological polar surface area (TPSA) is 40.9 Å². The first kappa shape index (κ1) is 10.7. The van der Waals surface area contributed by atoms with E-state index in [-0.39, 0.29) is 11.1 Å². The molecule has 0 amide bonds. The van der Waals surface area contributed by atoms with E-state index < -0.39 is 0 Å². The predicted octanol–water partition coefficient (Wildman–Crippen LogP) is 2.74. The number of halogens is 2. The molecule has 0 unspecified atom stereocenters. The third kappa shape index (κ3) is 2.51. The van der Waals surface area contributed by atoms with Crippen LogP contribution in [0.3, 0.4) is 0 Å². The summed E-state index contributed by atoms with van der Waals surface area (Å²) in [7, 11) is 0. The van der Waals surface area contributed by atoms with Crippen LogP contribution in [-0.4, -0.2) is 11.1 Å². The van der Waals surface area contributed by atoms with Crippen molar-refractivity contribution < 1.29 is 4.79 Å². The van der Waals surface area contributed by atoms with Gasteiger partial charge in [0.15, 0.2) is 5.78 Å². The maximum absolute atomic E-state index is 11.3. The lowest BCUT2D eigenvalue weighted by Gasteiger charge is -2.00. The van der Waals surface area contributed by atoms with Crippen LogP contribution in [0.1, 0.15) is 15.9 Å². The number of ketones is 1. The van der Waals surface area contributed by atoms with Crippen LogP contribution in [0.2, 0.25) is 0 Å². The molecule has 0 N–H and O–H groups in total. The molecule has 0 fully saturated rings. The summed E-state index contributed by atoms with van der Waals surface area (Å²) >= 11 is 5.18. The lowest BCUT2D eigenvalue weighted by molar-refractivity contribution is 0.102. The average Bonchev–Trinajstić information content (AvgIpc) is 2.16. The van der Waals surface area contributed by atoms with Crippen LogP contribution in [0.4, 0.5) is 0 Å². The van der Waals surface area contributed by atoms with E-state index in [0.29, 0.717) is 11.1 Å². The van der Waals surface area contributed by atoms with Gasteiger partial charge in [-0.25, -0.2) is 0 Å². The van der Waals surface area contributed by atoms with Crippen molar-refractivity contribution >= 4 is 44.3 Å². The monoisotopic (exact) mass is 349 g/mol. The lowest BCUT2D eigenvalue weighted by Crippen LogP contribution is -2.03. The van der Waals surface area contributed by atoms with E-state index in [4.69, 9.17) is 5.26 Å². The van der Waals surface area contributed by atoms with E-state index in [2.05, 4.69) is 38.5 Å². The maximum atomic E-state index is 11.3. The zero-order valence-electron chi connectivity index (χ0n) is 6.55. The van der Waals surface area contributed by atoms with Gasteiger partial charge in [0.2, 0.25) is 0 Å². The number of hydrogen-bond acceptors (Lipinski definition) is 2. The zero-order chi connectivity index (χ0) is 9.84. The molecular formula is C9H5BrINO. The molecule has 4 heteroatoms. The fourth-order valence-corrected chi connectivity index (χ4v) is 1.72. The largest absolute Gasteiger partial charge is 0.293 e. The van der Waals surface area contributed by atoms with E-state index in [1.807, 2.05) is 12.1 Å². The van der Waals surface area contributed by atoms with Crippen molar-refractivity contribution in [3.8, 4) is 6.07 Å². The van der Waals surface area contributed by atoms with E-state index in [1.54, 1.807) is 12.1 Å². The Morgan fingerprint density at radius 1 is 1.62 bits per heavy atom. The summed E-state index contributed by atoms with van der Waals surface area (Å²) in [6.07, 6.45) is 0. The Morgan fingerprint density at radius 3 is 2.85 bits per heavy atom. The van der Waals surface area contributed by atoms with Gasteiger partial charge in [0.1, 0.15) is 0 Å². The van der Waals surface area contributed by atoms with Crippen LogP contribution < -0.4 is 0 Å². The third-order valence-electron chi connectivity index (χ3n) is 1.52. The minimum Gasteiger partial charge on any atom is -0.293 e. The fraction of sp³-hybridized carbons (Fsp3) is 0.111. The number of rotatable bonds is 2. The second-order valence-electron chi connectivity index (χ2n) is 2.36. The van der Waals surface area contributed by atoms with Crippen LogP contribution >= 0.6 is 38.5 Å². The van der Waals surface area contributed by atoms with Crippen molar-refractivity contribution in [3.63, 3.8) is 0 Å². The molecule has 0 saturated carbocycles. The first-order chi connectivity index (χ1) is 6.19. The minimum absolute atomic E-state index is 0.0621. The Kier molecular flexibility index (Phi) is 3.88. The van der Waals surface area contributed by atoms with E-state index in [9.17, 15) is 4.79 Å². The third-order valence-corrected chi connectivity index (χ3v) is 2.70. The molecule has 0 radical (unpaired) electrons. The van der Waals surface area contributed by atoms with E-state index in [0.717, 1.165) is 3.57 Å². The SMILES string of the molecule is N#Cc1cc(I)ccc1C(=O)CBr. The smallest absolute Gasteiger partial charge is 0.174 e. The van der Waals surface area contributed by atoms with Crippen molar-refractivity contribution in [2.45, 2.75) is 0 Å². The summed E-state index contributed by atoms with van der Waals surface area (Å²) in [5.41, 5.74) is 0.927. The molecule has 1 aromatic rings. The molecule has 66 valence electrons. The molecule has 0 bridgehead atoms. The second kappa shape index (κ2) is 4.72. The van der Waals surface area contributed by atoms with Crippen molar-refractivity contribution in [1.29, 1.82) is 5.26 Å². The van der Waals surface area contributed by atoms with Gasteiger partial charge < -0.3 is 0 Å². The normalized spacial score (nSPS) is 9.31. The Morgan fingerprint density at radius 2 is 2.31 bits per heavy atom. The number of nitrogens with zero attached hydrogens (tertiary/aromatic N) is 1. The van der Waals surface area contributed by atoms with Crippen molar-refractivity contribution in [1.82, 2.24) is 0 Å². The highest BCUT2D eigenvalue weighted by Crippen LogP contribution is 2.14. The van der Waals surface area contributed by atoms with Crippen LogP contribution in [0.25, 0.3) is 0 Å². The van der Waals surface area contributed by atoms with Crippen LogP contribution in [-0.2, 0) is 0 Å². The fourth-order valence-electron chi connectivity index (χ4n) is 0.924. The lowest BCUT2D eigenvalue weighted by atomic mass is 10.1. The number of Topliss-reactive ketones (excluding diaryl/α,β-unsaturated/α-hetero) is 1. The first-order valence-electron chi connectivity index (χ1n) is 3.48.